The quantitative estimate of drug-likeness (QED) is 0.637. The molecule has 1 rings (SSSR count). The molecular formula is C9H20N2O3. The van der Waals surface area contributed by atoms with E-state index in [4.69, 9.17) is 5.73 Å². The molecule has 0 unspecified atom stereocenters. The summed E-state index contributed by atoms with van der Waals surface area (Å²) in [5.74, 6) is 0.212. The van der Waals surface area contributed by atoms with E-state index in [1.165, 1.54) is 6.92 Å². The largest absolute Gasteiger partial charge is 0.412 e. The lowest BCUT2D eigenvalue weighted by atomic mass is 10.00. The molecular weight excluding hydrogens is 184 g/mol. The number of carbonyl (C=O) groups excluding carboxylic acids is 2. The molecule has 1 saturated heterocycles. The van der Waals surface area contributed by atoms with Crippen LogP contribution in [0.25, 0.3) is 0 Å². The third-order valence-corrected chi connectivity index (χ3v) is 2.61. The van der Waals surface area contributed by atoms with Gasteiger partial charge in [-0.25, -0.2) is 0 Å². The molecule has 1 aliphatic heterocycles. The number of hydrogen-bond donors (Lipinski definition) is 1. The van der Waals surface area contributed by atoms with Crippen molar-refractivity contribution in [2.45, 2.75) is 26.3 Å². The monoisotopic (exact) mass is 204 g/mol. The van der Waals surface area contributed by atoms with Gasteiger partial charge in [0.15, 0.2) is 5.78 Å². The molecule has 1 heterocycles. The molecule has 0 aromatic carbocycles. The SMILES string of the molecule is CC(=O)[C@@H]1[C@H](C)CCN1C(=O)CN.O.[HH]. The average molecular weight is 204 g/mol. The summed E-state index contributed by atoms with van der Waals surface area (Å²) in [7, 11) is 0. The Morgan fingerprint density at radius 1 is 1.57 bits per heavy atom. The normalized spacial score (nSPS) is 25.8. The average Bonchev–Trinajstić information content (AvgIpc) is 2.45. The smallest absolute Gasteiger partial charge is 0.236 e. The van der Waals surface area contributed by atoms with Crippen LogP contribution in [-0.4, -0.2) is 41.2 Å². The number of nitrogens with zero attached hydrogens (tertiary/aromatic N) is 1. The van der Waals surface area contributed by atoms with Crippen LogP contribution in [0.2, 0.25) is 0 Å². The second-order valence-electron chi connectivity index (χ2n) is 3.61. The number of hydrogen-bond acceptors (Lipinski definition) is 3. The first-order chi connectivity index (χ1) is 6.07. The highest BCUT2D eigenvalue weighted by atomic mass is 16.2. The summed E-state index contributed by atoms with van der Waals surface area (Å²) in [6.07, 6.45) is 0.899. The van der Waals surface area contributed by atoms with Crippen LogP contribution in [0.3, 0.4) is 0 Å². The molecule has 1 fully saturated rings. The van der Waals surface area contributed by atoms with Crippen molar-refractivity contribution in [3.05, 3.63) is 0 Å². The predicted molar refractivity (Wildman–Crippen MR) is 54.7 cm³/mol. The van der Waals surface area contributed by atoms with Crippen molar-refractivity contribution >= 4 is 11.7 Å². The van der Waals surface area contributed by atoms with Gasteiger partial charge in [0.1, 0.15) is 0 Å². The Bertz CT molecular complexity index is 235. The molecule has 4 N–H and O–H groups in total. The van der Waals surface area contributed by atoms with E-state index in [0.29, 0.717) is 6.54 Å². The van der Waals surface area contributed by atoms with Crippen molar-refractivity contribution in [2.24, 2.45) is 11.7 Å². The van der Waals surface area contributed by atoms with Gasteiger partial charge in [-0.15, -0.1) is 0 Å². The molecule has 1 amide bonds. The molecule has 0 radical (unpaired) electrons. The highest BCUT2D eigenvalue weighted by molar-refractivity contribution is 5.89. The van der Waals surface area contributed by atoms with E-state index in [1.54, 1.807) is 4.90 Å². The van der Waals surface area contributed by atoms with Crippen LogP contribution in [0, 0.1) is 5.92 Å². The summed E-state index contributed by atoms with van der Waals surface area (Å²) in [6, 6.07) is -0.240. The van der Waals surface area contributed by atoms with Crippen molar-refractivity contribution < 1.29 is 16.5 Å². The first kappa shape index (κ1) is 13.1. The van der Waals surface area contributed by atoms with E-state index in [0.717, 1.165) is 6.42 Å². The summed E-state index contributed by atoms with van der Waals surface area (Å²) < 4.78 is 0. The molecule has 2 atom stereocenters. The van der Waals surface area contributed by atoms with Gasteiger partial charge < -0.3 is 16.1 Å². The zero-order chi connectivity index (χ0) is 10.0. The molecule has 0 aromatic rings. The number of ketones is 1. The van der Waals surface area contributed by atoms with E-state index < -0.39 is 0 Å². The Balaban J connectivity index is 0. The number of likely N-dealkylation sites (tertiary alicyclic amines) is 1. The van der Waals surface area contributed by atoms with Gasteiger partial charge in [-0.05, 0) is 19.3 Å². The molecule has 1 aliphatic rings. The van der Waals surface area contributed by atoms with Gasteiger partial charge in [-0.3, -0.25) is 9.59 Å². The second kappa shape index (κ2) is 5.07. The second-order valence-corrected chi connectivity index (χ2v) is 3.61. The van der Waals surface area contributed by atoms with Crippen molar-refractivity contribution in [3.8, 4) is 0 Å². The molecule has 0 saturated carbocycles. The lowest BCUT2D eigenvalue weighted by Gasteiger charge is -2.23. The molecule has 14 heavy (non-hydrogen) atoms. The van der Waals surface area contributed by atoms with Crippen molar-refractivity contribution in [1.29, 1.82) is 0 Å². The molecule has 0 spiro atoms. The molecule has 84 valence electrons. The van der Waals surface area contributed by atoms with Crippen LogP contribution in [0.4, 0.5) is 0 Å². The maximum Gasteiger partial charge on any atom is 0.236 e. The lowest BCUT2D eigenvalue weighted by molar-refractivity contribution is -0.136. The van der Waals surface area contributed by atoms with Crippen LogP contribution in [0.5, 0.6) is 0 Å². The number of rotatable bonds is 2. The van der Waals surface area contributed by atoms with Gasteiger partial charge in [0.2, 0.25) is 5.91 Å². The maximum absolute atomic E-state index is 11.3. The summed E-state index contributed by atoms with van der Waals surface area (Å²) in [5, 5.41) is 0. The van der Waals surface area contributed by atoms with E-state index in [9.17, 15) is 9.59 Å². The van der Waals surface area contributed by atoms with Crippen molar-refractivity contribution in [1.82, 2.24) is 4.90 Å². The Labute approximate surface area is 85.0 Å². The van der Waals surface area contributed by atoms with Crippen LogP contribution >= 0.6 is 0 Å². The lowest BCUT2D eigenvalue weighted by Crippen LogP contribution is -2.44. The summed E-state index contributed by atoms with van der Waals surface area (Å²) in [4.78, 5) is 24.2. The first-order valence-corrected chi connectivity index (χ1v) is 4.58. The van der Waals surface area contributed by atoms with Crippen LogP contribution in [0.1, 0.15) is 21.7 Å². The van der Waals surface area contributed by atoms with Crippen molar-refractivity contribution in [2.75, 3.05) is 13.1 Å². The summed E-state index contributed by atoms with van der Waals surface area (Å²) in [5.41, 5.74) is 5.26. The molecule has 0 aliphatic carbocycles. The highest BCUT2D eigenvalue weighted by Gasteiger charge is 2.36. The Morgan fingerprint density at radius 2 is 2.14 bits per heavy atom. The van der Waals surface area contributed by atoms with Crippen LogP contribution in [-0.2, 0) is 9.59 Å². The first-order valence-electron chi connectivity index (χ1n) is 4.58. The third kappa shape index (κ3) is 2.30. The van der Waals surface area contributed by atoms with Gasteiger partial charge in [0.05, 0.1) is 12.6 Å². The van der Waals surface area contributed by atoms with Crippen molar-refractivity contribution in [3.63, 3.8) is 0 Å². The van der Waals surface area contributed by atoms with Gasteiger partial charge in [-0.2, -0.15) is 0 Å². The van der Waals surface area contributed by atoms with Crippen LogP contribution < -0.4 is 5.73 Å². The van der Waals surface area contributed by atoms with E-state index >= 15 is 0 Å². The minimum atomic E-state index is -0.240. The Kier molecular flexibility index (Phi) is 4.73. The summed E-state index contributed by atoms with van der Waals surface area (Å²) in [6.45, 7) is 4.19. The third-order valence-electron chi connectivity index (χ3n) is 2.61. The van der Waals surface area contributed by atoms with E-state index in [1.807, 2.05) is 6.92 Å². The van der Waals surface area contributed by atoms with Crippen LogP contribution in [0.15, 0.2) is 0 Å². The Hall–Kier alpha value is -0.940. The fraction of sp³-hybridized carbons (Fsp3) is 0.778. The van der Waals surface area contributed by atoms with E-state index in [2.05, 4.69) is 0 Å². The Morgan fingerprint density at radius 3 is 2.57 bits per heavy atom. The van der Waals surface area contributed by atoms with Gasteiger partial charge in [0.25, 0.3) is 0 Å². The maximum atomic E-state index is 11.3. The number of Topliss-reactive ketones (excluding diaryl/α,β-unsaturated/α-hetero) is 1. The highest BCUT2D eigenvalue weighted by Crippen LogP contribution is 2.24. The molecule has 5 heteroatoms. The molecule has 5 nitrogen and oxygen atoms in total. The fourth-order valence-electron chi connectivity index (χ4n) is 1.96. The number of amides is 1. The van der Waals surface area contributed by atoms with Gasteiger partial charge in [0, 0.05) is 7.97 Å². The number of carbonyl (C=O) groups is 2. The predicted octanol–water partition coefficient (Wildman–Crippen LogP) is -0.808. The minimum absolute atomic E-state index is 0. The molecule has 0 bridgehead atoms. The minimum Gasteiger partial charge on any atom is -0.412 e. The van der Waals surface area contributed by atoms with Gasteiger partial charge in [-0.1, -0.05) is 6.92 Å². The standard InChI is InChI=1S/C9H16N2O2.H2O.H2/c1-6-3-4-11(8(13)5-10)9(6)7(2)12;;/h6,9H,3-5,10H2,1-2H3;1H2;1H/t6-,9+;;/m1../s1. The van der Waals surface area contributed by atoms with Gasteiger partial charge >= 0.3 is 0 Å². The zero-order valence-electron chi connectivity index (χ0n) is 8.62. The fourth-order valence-corrected chi connectivity index (χ4v) is 1.96. The molecule has 0 aromatic heterocycles. The topological polar surface area (TPSA) is 94.9 Å². The summed E-state index contributed by atoms with van der Waals surface area (Å²) >= 11 is 0. The van der Waals surface area contributed by atoms with E-state index in [-0.39, 0.29) is 37.1 Å². The number of nitrogens with two attached hydrogens (primary N) is 1. The zero-order valence-corrected chi connectivity index (χ0v) is 8.62.